The van der Waals surface area contributed by atoms with Crippen molar-refractivity contribution in [1.82, 2.24) is 4.98 Å². The molecule has 0 radical (unpaired) electrons. The summed E-state index contributed by atoms with van der Waals surface area (Å²) in [6.45, 7) is 11.7. The molecule has 1 aliphatic heterocycles. The Morgan fingerprint density at radius 2 is 1.87 bits per heavy atom. The lowest BCUT2D eigenvalue weighted by Crippen LogP contribution is -2.34. The van der Waals surface area contributed by atoms with E-state index in [0.717, 1.165) is 41.2 Å². The van der Waals surface area contributed by atoms with Gasteiger partial charge in [0, 0.05) is 42.1 Å². The van der Waals surface area contributed by atoms with Crippen LogP contribution in [-0.4, -0.2) is 18.1 Å². The lowest BCUT2D eigenvalue weighted by molar-refractivity contribution is 0.447. The molecule has 2 heterocycles. The smallest absolute Gasteiger partial charge is 0.253 e. The number of hydrogen-bond donors (Lipinski definition) is 2. The minimum absolute atomic E-state index is 0.0302. The number of nitrogens with one attached hydrogen (secondary N) is 2. The van der Waals surface area contributed by atoms with E-state index < -0.39 is 0 Å². The van der Waals surface area contributed by atoms with E-state index in [1.54, 1.807) is 0 Å². The highest BCUT2D eigenvalue weighted by molar-refractivity contribution is 5.80. The Hall–Kier alpha value is -2.75. The third-order valence-corrected chi connectivity index (χ3v) is 6.16. The van der Waals surface area contributed by atoms with Gasteiger partial charge in [-0.3, -0.25) is 4.79 Å². The van der Waals surface area contributed by atoms with E-state index in [4.69, 9.17) is 0 Å². The molecule has 1 aromatic heterocycles. The summed E-state index contributed by atoms with van der Waals surface area (Å²) >= 11 is 0. The van der Waals surface area contributed by atoms with Crippen LogP contribution in [0.3, 0.4) is 0 Å². The number of aromatic nitrogens is 1. The maximum Gasteiger partial charge on any atom is 0.253 e. The summed E-state index contributed by atoms with van der Waals surface area (Å²) in [6, 6.07) is 16.9. The van der Waals surface area contributed by atoms with Crippen LogP contribution >= 0.6 is 0 Å². The summed E-state index contributed by atoms with van der Waals surface area (Å²) in [5, 5.41) is 4.49. The molecule has 2 N–H and O–H groups in total. The second kappa shape index (κ2) is 8.17. The van der Waals surface area contributed by atoms with E-state index in [0.29, 0.717) is 6.54 Å². The molecule has 0 aliphatic carbocycles. The molecule has 3 aromatic rings. The van der Waals surface area contributed by atoms with Crippen molar-refractivity contribution in [2.75, 3.05) is 23.3 Å². The van der Waals surface area contributed by atoms with E-state index in [9.17, 15) is 4.79 Å². The molecule has 0 saturated carbocycles. The van der Waals surface area contributed by atoms with E-state index in [-0.39, 0.29) is 11.0 Å². The predicted octanol–water partition coefficient (Wildman–Crippen LogP) is 5.67. The molecule has 0 amide bonds. The van der Waals surface area contributed by atoms with Gasteiger partial charge in [-0.05, 0) is 77.6 Å². The highest BCUT2D eigenvalue weighted by Gasteiger charge is 2.17. The summed E-state index contributed by atoms with van der Waals surface area (Å²) in [6.07, 6.45) is 2.59. The minimum Gasteiger partial charge on any atom is -0.381 e. The number of anilines is 2. The maximum absolute atomic E-state index is 12.5. The second-order valence-electron chi connectivity index (χ2n) is 9.77. The number of aromatic amines is 1. The lowest BCUT2D eigenvalue weighted by Gasteiger charge is -2.32. The lowest BCUT2D eigenvalue weighted by atomic mass is 9.86. The fourth-order valence-electron chi connectivity index (χ4n) is 4.26. The molecule has 2 aromatic carbocycles. The Morgan fingerprint density at radius 1 is 1.10 bits per heavy atom. The Morgan fingerprint density at radius 3 is 2.57 bits per heavy atom. The number of benzene rings is 2. The Kier molecular flexibility index (Phi) is 5.59. The van der Waals surface area contributed by atoms with Crippen LogP contribution in [0.4, 0.5) is 11.4 Å². The summed E-state index contributed by atoms with van der Waals surface area (Å²) in [4.78, 5) is 18.0. The first-order valence-corrected chi connectivity index (χ1v) is 11.0. The largest absolute Gasteiger partial charge is 0.381 e. The number of H-pyrrole nitrogens is 1. The number of nitrogens with zero attached hydrogens (tertiary/aromatic N) is 1. The molecule has 1 fully saturated rings. The first-order valence-electron chi connectivity index (χ1n) is 11.0. The molecular formula is C26H33N3O. The fourth-order valence-corrected chi connectivity index (χ4v) is 4.26. The van der Waals surface area contributed by atoms with Crippen molar-refractivity contribution in [3.63, 3.8) is 0 Å². The Balaban J connectivity index is 1.49. The van der Waals surface area contributed by atoms with Crippen molar-refractivity contribution >= 4 is 22.3 Å². The van der Waals surface area contributed by atoms with Gasteiger partial charge in [0.1, 0.15) is 0 Å². The average Bonchev–Trinajstić information content (AvgIpc) is 2.71. The zero-order chi connectivity index (χ0) is 21.3. The molecule has 0 unspecified atom stereocenters. The highest BCUT2D eigenvalue weighted by atomic mass is 16.1. The van der Waals surface area contributed by atoms with Crippen molar-refractivity contribution in [3.05, 3.63) is 70.0 Å². The topological polar surface area (TPSA) is 48.1 Å². The van der Waals surface area contributed by atoms with E-state index in [1.165, 1.54) is 24.1 Å². The third kappa shape index (κ3) is 4.53. The molecule has 0 spiro atoms. The average molecular weight is 404 g/mol. The highest BCUT2D eigenvalue weighted by Crippen LogP contribution is 2.26. The number of hydrogen-bond acceptors (Lipinski definition) is 3. The van der Waals surface area contributed by atoms with E-state index >= 15 is 0 Å². The van der Waals surface area contributed by atoms with Crippen LogP contribution in [-0.2, 0) is 12.0 Å². The van der Waals surface area contributed by atoms with Crippen molar-refractivity contribution in [2.24, 2.45) is 5.92 Å². The van der Waals surface area contributed by atoms with Crippen LogP contribution in [0.2, 0.25) is 0 Å². The molecule has 158 valence electrons. The van der Waals surface area contributed by atoms with Crippen LogP contribution in [0.15, 0.2) is 53.3 Å². The number of fused-ring (bicyclic) bond motifs is 1. The Bertz CT molecular complexity index is 1080. The van der Waals surface area contributed by atoms with Crippen molar-refractivity contribution < 1.29 is 0 Å². The Labute approximate surface area is 179 Å². The fraction of sp³-hybridized carbons (Fsp3) is 0.423. The van der Waals surface area contributed by atoms with Crippen LogP contribution in [0.1, 0.15) is 51.7 Å². The molecule has 4 nitrogen and oxygen atoms in total. The molecule has 4 heteroatoms. The SMILES string of the molecule is C[C@@H]1CCCN(c2ccc(NCc3cc4cc(C(C)(C)C)ccc4[nH]c3=O)cc2)C1. The van der Waals surface area contributed by atoms with Crippen molar-refractivity contribution in [2.45, 2.75) is 52.5 Å². The molecule has 1 atom stereocenters. The molecule has 1 aliphatic rings. The maximum atomic E-state index is 12.5. The molecule has 30 heavy (non-hydrogen) atoms. The third-order valence-electron chi connectivity index (χ3n) is 6.16. The first-order chi connectivity index (χ1) is 14.3. The van der Waals surface area contributed by atoms with Gasteiger partial charge in [-0.15, -0.1) is 0 Å². The van der Waals surface area contributed by atoms with Gasteiger partial charge in [-0.25, -0.2) is 0 Å². The zero-order valence-corrected chi connectivity index (χ0v) is 18.6. The predicted molar refractivity (Wildman–Crippen MR) is 128 cm³/mol. The van der Waals surface area contributed by atoms with Crippen LogP contribution in [0.5, 0.6) is 0 Å². The van der Waals surface area contributed by atoms with Crippen molar-refractivity contribution in [1.29, 1.82) is 0 Å². The quantitative estimate of drug-likeness (QED) is 0.590. The molecule has 4 rings (SSSR count). The van der Waals surface area contributed by atoms with Gasteiger partial charge in [0.05, 0.1) is 0 Å². The van der Waals surface area contributed by atoms with Gasteiger partial charge in [-0.1, -0.05) is 33.8 Å². The minimum atomic E-state index is -0.0302. The van der Waals surface area contributed by atoms with Crippen molar-refractivity contribution in [3.8, 4) is 0 Å². The summed E-state index contributed by atoms with van der Waals surface area (Å²) in [5.74, 6) is 0.759. The van der Waals surface area contributed by atoms with Gasteiger partial charge in [-0.2, -0.15) is 0 Å². The normalized spacial score (nSPS) is 17.3. The first kappa shape index (κ1) is 20.5. The van der Waals surface area contributed by atoms with Gasteiger partial charge < -0.3 is 15.2 Å². The van der Waals surface area contributed by atoms with Crippen LogP contribution < -0.4 is 15.8 Å². The van der Waals surface area contributed by atoms with Gasteiger partial charge in [0.15, 0.2) is 0 Å². The van der Waals surface area contributed by atoms with E-state index in [2.05, 4.69) is 79.3 Å². The van der Waals surface area contributed by atoms with Gasteiger partial charge >= 0.3 is 0 Å². The second-order valence-corrected chi connectivity index (χ2v) is 9.77. The molecule has 1 saturated heterocycles. The van der Waals surface area contributed by atoms with Gasteiger partial charge in [0.25, 0.3) is 5.56 Å². The standard InChI is InChI=1S/C26H33N3O/c1-18-6-5-13-29(17-18)23-10-8-22(9-11-23)27-16-20-14-19-15-21(26(2,3)4)7-12-24(19)28-25(20)30/h7-12,14-15,18,27H,5-6,13,16-17H2,1-4H3,(H,28,30)/t18-/m1/s1. The number of rotatable bonds is 4. The summed E-state index contributed by atoms with van der Waals surface area (Å²) in [5.41, 5.74) is 5.27. The summed E-state index contributed by atoms with van der Waals surface area (Å²) < 4.78 is 0. The number of pyridine rings is 1. The molecule has 0 bridgehead atoms. The number of piperidine rings is 1. The molecular weight excluding hydrogens is 370 g/mol. The van der Waals surface area contributed by atoms with Gasteiger partial charge in [0.2, 0.25) is 0 Å². The monoisotopic (exact) mass is 403 g/mol. The van der Waals surface area contributed by atoms with E-state index in [1.807, 2.05) is 12.1 Å². The van der Waals surface area contributed by atoms with Crippen LogP contribution in [0.25, 0.3) is 10.9 Å². The van der Waals surface area contributed by atoms with Crippen LogP contribution in [0, 0.1) is 5.92 Å². The zero-order valence-electron chi connectivity index (χ0n) is 18.6. The summed E-state index contributed by atoms with van der Waals surface area (Å²) in [7, 11) is 0.